The standard InChI is InChI=1S/C30H33N3O3/c1-7-21(5)36-23-12-10-11-22(16-23)18-31-33-29(32-27-14-9-8-13-24(27)30(33)34)26-17-25(19(2)3)28(35-6)15-20(26)4/h8-19,21H,7H2,1-6H3/t21-/m1/s1. The van der Waals surface area contributed by atoms with Crippen LogP contribution in [0.5, 0.6) is 11.5 Å². The van der Waals surface area contributed by atoms with Gasteiger partial charge in [-0.25, -0.2) is 4.98 Å². The van der Waals surface area contributed by atoms with E-state index in [1.165, 1.54) is 4.68 Å². The summed E-state index contributed by atoms with van der Waals surface area (Å²) in [6.07, 6.45) is 2.70. The van der Waals surface area contributed by atoms with Crippen LogP contribution >= 0.6 is 0 Å². The summed E-state index contributed by atoms with van der Waals surface area (Å²) in [5, 5.41) is 5.15. The zero-order valence-corrected chi connectivity index (χ0v) is 21.8. The van der Waals surface area contributed by atoms with E-state index in [2.05, 4.69) is 31.9 Å². The second-order valence-electron chi connectivity index (χ2n) is 9.29. The van der Waals surface area contributed by atoms with E-state index in [0.717, 1.165) is 40.2 Å². The quantitative estimate of drug-likeness (QED) is 0.266. The van der Waals surface area contributed by atoms with E-state index in [4.69, 9.17) is 14.5 Å². The predicted molar refractivity (Wildman–Crippen MR) is 147 cm³/mol. The van der Waals surface area contributed by atoms with Crippen molar-refractivity contribution in [2.45, 2.75) is 53.1 Å². The Labute approximate surface area is 212 Å². The monoisotopic (exact) mass is 483 g/mol. The summed E-state index contributed by atoms with van der Waals surface area (Å²) in [5.74, 6) is 2.31. The van der Waals surface area contributed by atoms with Gasteiger partial charge in [0.15, 0.2) is 5.82 Å². The molecular formula is C30H33N3O3. The Morgan fingerprint density at radius 1 is 1.06 bits per heavy atom. The van der Waals surface area contributed by atoms with Crippen LogP contribution in [0.15, 0.2) is 70.6 Å². The summed E-state index contributed by atoms with van der Waals surface area (Å²) in [4.78, 5) is 18.5. The maximum absolute atomic E-state index is 13.6. The zero-order chi connectivity index (χ0) is 25.8. The second-order valence-corrected chi connectivity index (χ2v) is 9.29. The molecule has 0 aliphatic rings. The molecule has 0 fully saturated rings. The first-order valence-corrected chi connectivity index (χ1v) is 12.3. The lowest BCUT2D eigenvalue weighted by Crippen LogP contribution is -2.20. The SMILES string of the molecule is CC[C@@H](C)Oc1cccc(C=Nn2c(-c3cc(C(C)C)c(OC)cc3C)nc3ccccc3c2=O)c1. The highest BCUT2D eigenvalue weighted by Crippen LogP contribution is 2.34. The Kier molecular flexibility index (Phi) is 7.53. The molecule has 0 radical (unpaired) electrons. The molecule has 4 aromatic rings. The molecule has 186 valence electrons. The molecule has 3 aromatic carbocycles. The third-order valence-corrected chi connectivity index (χ3v) is 6.29. The van der Waals surface area contributed by atoms with E-state index in [-0.39, 0.29) is 17.6 Å². The van der Waals surface area contributed by atoms with Gasteiger partial charge >= 0.3 is 0 Å². The van der Waals surface area contributed by atoms with Gasteiger partial charge in [-0.2, -0.15) is 9.78 Å². The van der Waals surface area contributed by atoms with Gasteiger partial charge in [0.1, 0.15) is 11.5 Å². The molecule has 0 aliphatic carbocycles. The van der Waals surface area contributed by atoms with Crippen molar-refractivity contribution >= 4 is 17.1 Å². The molecule has 0 saturated carbocycles. The van der Waals surface area contributed by atoms with E-state index in [9.17, 15) is 4.79 Å². The number of benzene rings is 3. The lowest BCUT2D eigenvalue weighted by Gasteiger charge is -2.17. The van der Waals surface area contributed by atoms with Crippen LogP contribution in [0, 0.1) is 6.92 Å². The second kappa shape index (κ2) is 10.8. The number of fused-ring (bicyclic) bond motifs is 1. The van der Waals surface area contributed by atoms with Crippen LogP contribution in [-0.4, -0.2) is 29.1 Å². The fraction of sp³-hybridized carbons (Fsp3) is 0.300. The molecule has 1 atom stereocenters. The van der Waals surface area contributed by atoms with Crippen LogP contribution in [0.2, 0.25) is 0 Å². The van der Waals surface area contributed by atoms with E-state index in [0.29, 0.717) is 16.7 Å². The Morgan fingerprint density at radius 3 is 2.56 bits per heavy atom. The van der Waals surface area contributed by atoms with Gasteiger partial charge in [-0.3, -0.25) is 4.79 Å². The van der Waals surface area contributed by atoms with Crippen molar-refractivity contribution in [3.8, 4) is 22.9 Å². The van der Waals surface area contributed by atoms with Gasteiger partial charge in [0.2, 0.25) is 0 Å². The van der Waals surface area contributed by atoms with E-state index in [1.54, 1.807) is 19.4 Å². The number of rotatable bonds is 8. The molecular weight excluding hydrogens is 450 g/mol. The maximum Gasteiger partial charge on any atom is 0.282 e. The molecule has 0 aliphatic heterocycles. The Hall–Kier alpha value is -3.93. The van der Waals surface area contributed by atoms with Crippen molar-refractivity contribution in [1.29, 1.82) is 0 Å². The minimum absolute atomic E-state index is 0.115. The number of ether oxygens (including phenoxy) is 2. The number of nitrogens with zero attached hydrogens (tertiary/aromatic N) is 3. The average molecular weight is 484 g/mol. The summed E-state index contributed by atoms with van der Waals surface area (Å²) < 4.78 is 13.0. The Balaban J connectivity index is 1.89. The Bertz CT molecular complexity index is 1470. The van der Waals surface area contributed by atoms with Crippen molar-refractivity contribution in [2.75, 3.05) is 7.11 Å². The van der Waals surface area contributed by atoms with Gasteiger partial charge in [0.25, 0.3) is 5.56 Å². The van der Waals surface area contributed by atoms with Gasteiger partial charge in [-0.05, 0) is 79.3 Å². The average Bonchev–Trinajstić information content (AvgIpc) is 2.87. The van der Waals surface area contributed by atoms with Crippen molar-refractivity contribution in [2.24, 2.45) is 5.10 Å². The molecule has 0 bridgehead atoms. The van der Waals surface area contributed by atoms with Crippen LogP contribution in [-0.2, 0) is 0 Å². The molecule has 1 heterocycles. The van der Waals surface area contributed by atoms with Gasteiger partial charge in [-0.1, -0.05) is 45.0 Å². The number of aryl methyl sites for hydroxylation is 1. The van der Waals surface area contributed by atoms with Crippen molar-refractivity contribution < 1.29 is 9.47 Å². The first-order chi connectivity index (χ1) is 17.3. The summed E-state index contributed by atoms with van der Waals surface area (Å²) in [7, 11) is 1.67. The third-order valence-electron chi connectivity index (χ3n) is 6.29. The van der Waals surface area contributed by atoms with E-state index >= 15 is 0 Å². The maximum atomic E-state index is 13.6. The predicted octanol–water partition coefficient (Wildman–Crippen LogP) is 6.56. The largest absolute Gasteiger partial charge is 0.496 e. The lowest BCUT2D eigenvalue weighted by atomic mass is 9.96. The minimum Gasteiger partial charge on any atom is -0.496 e. The Morgan fingerprint density at radius 2 is 1.83 bits per heavy atom. The highest BCUT2D eigenvalue weighted by atomic mass is 16.5. The fourth-order valence-electron chi connectivity index (χ4n) is 4.08. The first-order valence-electron chi connectivity index (χ1n) is 12.3. The topological polar surface area (TPSA) is 65.7 Å². The normalized spacial score (nSPS) is 12.4. The molecule has 4 rings (SSSR count). The third kappa shape index (κ3) is 5.18. The van der Waals surface area contributed by atoms with Gasteiger partial charge < -0.3 is 9.47 Å². The van der Waals surface area contributed by atoms with Crippen LogP contribution in [0.3, 0.4) is 0 Å². The number of methoxy groups -OCH3 is 1. The summed E-state index contributed by atoms with van der Waals surface area (Å²) >= 11 is 0. The van der Waals surface area contributed by atoms with Crippen molar-refractivity contribution in [3.05, 3.63) is 87.7 Å². The number of aromatic nitrogens is 2. The molecule has 0 amide bonds. The molecule has 0 spiro atoms. The van der Waals surface area contributed by atoms with Crippen LogP contribution in [0.1, 0.15) is 56.7 Å². The van der Waals surface area contributed by atoms with Crippen LogP contribution in [0.25, 0.3) is 22.3 Å². The van der Waals surface area contributed by atoms with E-state index < -0.39 is 0 Å². The van der Waals surface area contributed by atoms with Crippen molar-refractivity contribution in [1.82, 2.24) is 9.66 Å². The number of hydrogen-bond acceptors (Lipinski definition) is 5. The smallest absolute Gasteiger partial charge is 0.282 e. The van der Waals surface area contributed by atoms with E-state index in [1.807, 2.05) is 62.4 Å². The molecule has 0 unspecified atom stereocenters. The molecule has 36 heavy (non-hydrogen) atoms. The number of hydrogen-bond donors (Lipinski definition) is 0. The van der Waals surface area contributed by atoms with Crippen molar-refractivity contribution in [3.63, 3.8) is 0 Å². The molecule has 6 heteroatoms. The molecule has 1 aromatic heterocycles. The number of para-hydroxylation sites is 1. The minimum atomic E-state index is -0.222. The first kappa shape index (κ1) is 25.2. The van der Waals surface area contributed by atoms with Gasteiger partial charge in [0, 0.05) is 5.56 Å². The van der Waals surface area contributed by atoms with Gasteiger partial charge in [0.05, 0.1) is 30.3 Å². The molecule has 6 nitrogen and oxygen atoms in total. The summed E-state index contributed by atoms with van der Waals surface area (Å²) in [5.41, 5.74) is 4.08. The highest BCUT2D eigenvalue weighted by molar-refractivity contribution is 5.82. The lowest BCUT2D eigenvalue weighted by molar-refractivity contribution is 0.217. The summed E-state index contributed by atoms with van der Waals surface area (Å²) in [6, 6.07) is 19.1. The van der Waals surface area contributed by atoms with Crippen LogP contribution < -0.4 is 15.0 Å². The zero-order valence-electron chi connectivity index (χ0n) is 21.8. The van der Waals surface area contributed by atoms with Crippen LogP contribution in [0.4, 0.5) is 0 Å². The summed E-state index contributed by atoms with van der Waals surface area (Å²) in [6.45, 7) is 10.3. The molecule has 0 N–H and O–H groups in total. The highest BCUT2D eigenvalue weighted by Gasteiger charge is 2.18. The van der Waals surface area contributed by atoms with Gasteiger partial charge in [-0.15, -0.1) is 0 Å². The fourth-order valence-corrected chi connectivity index (χ4v) is 4.08. The molecule has 0 saturated heterocycles.